The van der Waals surface area contributed by atoms with Gasteiger partial charge in [-0.1, -0.05) is 13.8 Å². The number of aliphatic carboxylic acids is 1. The highest BCUT2D eigenvalue weighted by Crippen LogP contribution is 2.46. The second-order valence-electron chi connectivity index (χ2n) is 14.5. The molecule has 3 N–H and O–H groups in total. The number of nitrogens with one attached hydrogen (secondary N) is 2. The number of fused-ring (bicyclic) bond motifs is 2. The molecule has 0 aromatic heterocycles. The lowest BCUT2D eigenvalue weighted by Crippen LogP contribution is -2.57. The summed E-state index contributed by atoms with van der Waals surface area (Å²) in [7, 11) is 3.13. The van der Waals surface area contributed by atoms with Gasteiger partial charge in [0.2, 0.25) is 0 Å². The highest BCUT2D eigenvalue weighted by atomic mass is 16.5. The number of carbonyl (C=O) groups is 3. The standard InChI is InChI=1S/C41H54N4O8/c1-7-29(8-2)42-39(49)43-30-13-20-35(36(26-30)51-6)52-33-18-14-31(15-19-33)44(24-25-50-5)37(46)28-11-16-34(17-12-28)53-41-22-9-10-32(21-23-41)45(41)27-40(3,4)38(47)48/h11-20,26,29,32H,7-10,21-25,27H2,1-6H3,(H,47,48)(H2,42,43,49). The van der Waals surface area contributed by atoms with Gasteiger partial charge in [0.15, 0.2) is 17.2 Å². The lowest BCUT2D eigenvalue weighted by molar-refractivity contribution is -0.155. The van der Waals surface area contributed by atoms with Gasteiger partial charge < -0.3 is 39.6 Å². The molecule has 2 aliphatic heterocycles. The SMILES string of the molecule is CCC(CC)NC(=O)Nc1ccc(Oc2ccc(N(CCOC)C(=O)c3ccc(OC45CCCC(CC4)N5CC(C)(C)C(=O)O)cc3)cc2)c(OC)c1. The minimum atomic E-state index is -0.899. The molecule has 12 nitrogen and oxygen atoms in total. The zero-order chi connectivity index (χ0) is 38.2. The summed E-state index contributed by atoms with van der Waals surface area (Å²) in [6.45, 7) is 8.68. The van der Waals surface area contributed by atoms with Crippen LogP contribution in [0.3, 0.4) is 0 Å². The first-order valence-corrected chi connectivity index (χ1v) is 18.6. The molecule has 2 atom stereocenters. The number of carboxylic acid groups (broad SMARTS) is 1. The highest BCUT2D eigenvalue weighted by Gasteiger charge is 2.52. The lowest BCUT2D eigenvalue weighted by atomic mass is 9.89. The number of urea groups is 1. The fourth-order valence-corrected chi connectivity index (χ4v) is 7.20. The van der Waals surface area contributed by atoms with Crippen molar-refractivity contribution in [2.24, 2.45) is 5.41 Å². The van der Waals surface area contributed by atoms with Gasteiger partial charge >= 0.3 is 12.0 Å². The van der Waals surface area contributed by atoms with E-state index in [2.05, 4.69) is 15.5 Å². The fourth-order valence-electron chi connectivity index (χ4n) is 7.20. The third kappa shape index (κ3) is 9.41. The Morgan fingerprint density at radius 3 is 2.28 bits per heavy atom. The number of benzene rings is 3. The first-order chi connectivity index (χ1) is 25.4. The molecule has 2 unspecified atom stereocenters. The van der Waals surface area contributed by atoms with Crippen LogP contribution in [0.1, 0.15) is 83.0 Å². The average Bonchev–Trinajstić information content (AvgIpc) is 3.31. The lowest BCUT2D eigenvalue weighted by Gasteiger charge is -2.46. The number of hydrogen-bond donors (Lipinski definition) is 3. The molecule has 286 valence electrons. The van der Waals surface area contributed by atoms with Gasteiger partial charge in [-0.05, 0) is 107 Å². The summed E-state index contributed by atoms with van der Waals surface area (Å²) in [6, 6.07) is 19.7. The van der Waals surface area contributed by atoms with Crippen LogP contribution < -0.4 is 29.7 Å². The van der Waals surface area contributed by atoms with E-state index >= 15 is 0 Å². The van der Waals surface area contributed by atoms with Crippen molar-refractivity contribution in [3.8, 4) is 23.0 Å². The van der Waals surface area contributed by atoms with Gasteiger partial charge in [0.1, 0.15) is 11.5 Å². The van der Waals surface area contributed by atoms with Crippen LogP contribution in [0, 0.1) is 5.41 Å². The third-order valence-corrected chi connectivity index (χ3v) is 10.4. The molecular formula is C41H54N4O8. The molecule has 12 heteroatoms. The van der Waals surface area contributed by atoms with Crippen LogP contribution in [-0.2, 0) is 9.53 Å². The van der Waals surface area contributed by atoms with Crippen molar-refractivity contribution in [2.45, 2.75) is 90.4 Å². The molecular weight excluding hydrogens is 676 g/mol. The Hall–Kier alpha value is -4.81. The van der Waals surface area contributed by atoms with Crippen LogP contribution in [0.5, 0.6) is 23.0 Å². The van der Waals surface area contributed by atoms with Crippen molar-refractivity contribution in [1.29, 1.82) is 0 Å². The topological polar surface area (TPSA) is 139 Å². The van der Waals surface area contributed by atoms with E-state index < -0.39 is 17.1 Å². The van der Waals surface area contributed by atoms with Crippen LogP contribution in [-0.4, -0.2) is 79.6 Å². The van der Waals surface area contributed by atoms with Gasteiger partial charge in [-0.3, -0.25) is 14.5 Å². The Balaban J connectivity index is 1.26. The fraction of sp³-hybridized carbons (Fsp3) is 0.488. The number of ether oxygens (including phenoxy) is 4. The summed E-state index contributed by atoms with van der Waals surface area (Å²) in [4.78, 5) is 42.2. The van der Waals surface area contributed by atoms with Crippen LogP contribution in [0.25, 0.3) is 0 Å². The molecule has 2 saturated heterocycles. The Morgan fingerprint density at radius 1 is 0.943 bits per heavy atom. The van der Waals surface area contributed by atoms with Gasteiger partial charge in [0, 0.05) is 68.1 Å². The van der Waals surface area contributed by atoms with Gasteiger partial charge in [-0.15, -0.1) is 0 Å². The first kappa shape index (κ1) is 39.4. The summed E-state index contributed by atoms with van der Waals surface area (Å²) in [6.07, 6.45) is 6.40. The monoisotopic (exact) mass is 730 g/mol. The number of anilines is 2. The summed E-state index contributed by atoms with van der Waals surface area (Å²) in [5.74, 6) is 1.09. The van der Waals surface area contributed by atoms with Crippen molar-refractivity contribution in [1.82, 2.24) is 10.2 Å². The maximum atomic E-state index is 13.9. The van der Waals surface area contributed by atoms with Crippen molar-refractivity contribution >= 4 is 29.3 Å². The van der Waals surface area contributed by atoms with Crippen LogP contribution in [0.2, 0.25) is 0 Å². The minimum absolute atomic E-state index is 0.100. The summed E-state index contributed by atoms with van der Waals surface area (Å²) < 4.78 is 23.7. The number of carboxylic acids is 1. The molecule has 3 aromatic carbocycles. The number of piperidine rings is 1. The summed E-state index contributed by atoms with van der Waals surface area (Å²) in [5, 5.41) is 15.6. The average molecular weight is 731 g/mol. The largest absolute Gasteiger partial charge is 0.493 e. The van der Waals surface area contributed by atoms with Crippen LogP contribution >= 0.6 is 0 Å². The Bertz CT molecular complexity index is 1710. The number of methoxy groups -OCH3 is 2. The molecule has 0 radical (unpaired) electrons. The van der Waals surface area contributed by atoms with E-state index in [0.29, 0.717) is 65.7 Å². The minimum Gasteiger partial charge on any atom is -0.493 e. The van der Waals surface area contributed by atoms with Gasteiger partial charge in [-0.25, -0.2) is 4.79 Å². The normalized spacial score (nSPS) is 18.4. The number of rotatable bonds is 17. The molecule has 0 saturated carbocycles. The van der Waals surface area contributed by atoms with Crippen molar-refractivity contribution in [3.63, 3.8) is 0 Å². The summed E-state index contributed by atoms with van der Waals surface area (Å²) in [5.41, 5.74) is 0.285. The number of hydrogen-bond acceptors (Lipinski definition) is 8. The van der Waals surface area contributed by atoms with E-state index in [0.717, 1.165) is 44.9 Å². The van der Waals surface area contributed by atoms with Crippen molar-refractivity contribution < 1.29 is 38.4 Å². The molecule has 2 aliphatic rings. The Labute approximate surface area is 312 Å². The third-order valence-electron chi connectivity index (χ3n) is 10.4. The van der Waals surface area contributed by atoms with Crippen molar-refractivity contribution in [2.75, 3.05) is 44.1 Å². The van der Waals surface area contributed by atoms with Gasteiger partial charge in [-0.2, -0.15) is 0 Å². The first-order valence-electron chi connectivity index (χ1n) is 18.6. The predicted molar refractivity (Wildman–Crippen MR) is 204 cm³/mol. The van der Waals surface area contributed by atoms with Gasteiger partial charge in [0.05, 0.1) is 19.1 Å². The van der Waals surface area contributed by atoms with Crippen LogP contribution in [0.15, 0.2) is 66.7 Å². The number of amides is 3. The predicted octanol–water partition coefficient (Wildman–Crippen LogP) is 7.93. The number of carbonyl (C=O) groups excluding carboxylic acids is 2. The molecule has 3 aromatic rings. The molecule has 53 heavy (non-hydrogen) atoms. The Morgan fingerprint density at radius 2 is 1.64 bits per heavy atom. The second kappa shape index (κ2) is 17.3. The van der Waals surface area contributed by atoms with E-state index in [9.17, 15) is 19.5 Å². The molecule has 0 aliphatic carbocycles. The maximum absolute atomic E-state index is 13.9. The quantitative estimate of drug-likeness (QED) is 0.126. The zero-order valence-electron chi connectivity index (χ0n) is 31.8. The molecule has 3 amide bonds. The van der Waals surface area contributed by atoms with Crippen molar-refractivity contribution in [3.05, 3.63) is 72.3 Å². The van der Waals surface area contributed by atoms with E-state index in [1.54, 1.807) is 68.3 Å². The molecule has 0 spiro atoms. The molecule has 2 bridgehead atoms. The van der Waals surface area contributed by atoms with E-state index in [-0.39, 0.29) is 18.0 Å². The van der Waals surface area contributed by atoms with E-state index in [1.165, 1.54) is 7.11 Å². The Kier molecular flexibility index (Phi) is 12.9. The highest BCUT2D eigenvalue weighted by molar-refractivity contribution is 6.06. The maximum Gasteiger partial charge on any atom is 0.319 e. The molecule has 5 rings (SSSR count). The molecule has 2 heterocycles. The second-order valence-corrected chi connectivity index (χ2v) is 14.5. The molecule has 2 fully saturated rings. The smallest absolute Gasteiger partial charge is 0.319 e. The number of nitrogens with zero attached hydrogens (tertiary/aromatic N) is 2. The van der Waals surface area contributed by atoms with Crippen LogP contribution in [0.4, 0.5) is 16.2 Å². The van der Waals surface area contributed by atoms with Gasteiger partial charge in [0.25, 0.3) is 5.91 Å². The summed E-state index contributed by atoms with van der Waals surface area (Å²) >= 11 is 0. The zero-order valence-corrected chi connectivity index (χ0v) is 31.8. The van der Waals surface area contributed by atoms with E-state index in [4.69, 9.17) is 18.9 Å². The van der Waals surface area contributed by atoms with E-state index in [1.807, 2.05) is 38.1 Å².